The summed E-state index contributed by atoms with van der Waals surface area (Å²) in [6.07, 6.45) is 4.74. The van der Waals surface area contributed by atoms with Gasteiger partial charge < -0.3 is 15.3 Å². The second-order valence-electron chi connectivity index (χ2n) is 4.01. The number of hydrogen-bond acceptors (Lipinski definition) is 3. The molecule has 0 aromatic rings. The molecule has 3 nitrogen and oxygen atoms in total. The third-order valence-corrected chi connectivity index (χ3v) is 2.82. The van der Waals surface area contributed by atoms with Gasteiger partial charge in [0.25, 0.3) is 0 Å². The van der Waals surface area contributed by atoms with Crippen molar-refractivity contribution in [2.24, 2.45) is 5.92 Å². The van der Waals surface area contributed by atoms with Gasteiger partial charge in [-0.15, -0.1) is 0 Å². The normalized spacial score (nSPS) is 34.4. The van der Waals surface area contributed by atoms with Gasteiger partial charge in [0.1, 0.15) is 0 Å². The molecule has 14 heavy (non-hydrogen) atoms. The number of unbranched alkanes of at least 4 members (excludes halogenated alkanes) is 1. The molecule has 1 aliphatic rings. The SMILES string of the molecule is CCCC[C@@H](O)[C@H]1C=CC[C@@H](O)[C@H]1O. The minimum absolute atomic E-state index is 0.301. The van der Waals surface area contributed by atoms with Crippen LogP contribution in [0.5, 0.6) is 0 Å². The Morgan fingerprint density at radius 3 is 2.79 bits per heavy atom. The lowest BCUT2D eigenvalue weighted by atomic mass is 9.84. The van der Waals surface area contributed by atoms with E-state index in [-0.39, 0.29) is 5.92 Å². The van der Waals surface area contributed by atoms with Crippen molar-refractivity contribution in [3.8, 4) is 0 Å². The van der Waals surface area contributed by atoms with Crippen molar-refractivity contribution in [1.82, 2.24) is 0 Å². The van der Waals surface area contributed by atoms with E-state index in [0.29, 0.717) is 12.8 Å². The summed E-state index contributed by atoms with van der Waals surface area (Å²) >= 11 is 0. The molecule has 0 unspecified atom stereocenters. The summed E-state index contributed by atoms with van der Waals surface area (Å²) in [7, 11) is 0. The van der Waals surface area contributed by atoms with Gasteiger partial charge in [0.05, 0.1) is 18.3 Å². The first-order valence-electron chi connectivity index (χ1n) is 5.37. The molecule has 3 heteroatoms. The lowest BCUT2D eigenvalue weighted by Gasteiger charge is -2.31. The summed E-state index contributed by atoms with van der Waals surface area (Å²) in [5, 5.41) is 28.8. The first-order valence-corrected chi connectivity index (χ1v) is 5.37. The summed E-state index contributed by atoms with van der Waals surface area (Å²) < 4.78 is 0. The molecule has 0 aromatic heterocycles. The van der Waals surface area contributed by atoms with Gasteiger partial charge in [0, 0.05) is 5.92 Å². The average molecular weight is 200 g/mol. The van der Waals surface area contributed by atoms with E-state index in [0.717, 1.165) is 12.8 Å². The lowest BCUT2D eigenvalue weighted by molar-refractivity contribution is -0.0474. The highest BCUT2D eigenvalue weighted by Crippen LogP contribution is 2.24. The molecule has 0 heterocycles. The minimum Gasteiger partial charge on any atom is -0.392 e. The van der Waals surface area contributed by atoms with E-state index in [1.165, 1.54) is 0 Å². The van der Waals surface area contributed by atoms with Crippen LogP contribution in [0.3, 0.4) is 0 Å². The summed E-state index contributed by atoms with van der Waals surface area (Å²) in [6.45, 7) is 2.06. The van der Waals surface area contributed by atoms with Crippen LogP contribution in [0.4, 0.5) is 0 Å². The molecule has 0 amide bonds. The van der Waals surface area contributed by atoms with E-state index in [2.05, 4.69) is 6.92 Å². The van der Waals surface area contributed by atoms with Crippen LogP contribution in [0, 0.1) is 5.92 Å². The van der Waals surface area contributed by atoms with Crippen LogP contribution >= 0.6 is 0 Å². The molecular formula is C11H20O3. The molecule has 0 fully saturated rings. The number of hydrogen-bond donors (Lipinski definition) is 3. The fraction of sp³-hybridized carbons (Fsp3) is 0.818. The molecule has 4 atom stereocenters. The van der Waals surface area contributed by atoms with Crippen LogP contribution in [0.25, 0.3) is 0 Å². The van der Waals surface area contributed by atoms with Crippen LogP contribution in [0.15, 0.2) is 12.2 Å². The van der Waals surface area contributed by atoms with Crippen molar-refractivity contribution in [3.63, 3.8) is 0 Å². The van der Waals surface area contributed by atoms with Crippen molar-refractivity contribution < 1.29 is 15.3 Å². The lowest BCUT2D eigenvalue weighted by Crippen LogP contribution is -2.40. The quantitative estimate of drug-likeness (QED) is 0.589. The van der Waals surface area contributed by atoms with Crippen molar-refractivity contribution in [1.29, 1.82) is 0 Å². The first-order chi connectivity index (χ1) is 6.66. The van der Waals surface area contributed by atoms with Crippen LogP contribution in [-0.4, -0.2) is 33.6 Å². The van der Waals surface area contributed by atoms with Gasteiger partial charge in [0.2, 0.25) is 0 Å². The van der Waals surface area contributed by atoms with Crippen molar-refractivity contribution in [2.75, 3.05) is 0 Å². The monoisotopic (exact) mass is 200 g/mol. The second kappa shape index (κ2) is 5.49. The van der Waals surface area contributed by atoms with Crippen LogP contribution in [0.2, 0.25) is 0 Å². The molecule has 0 saturated carbocycles. The molecule has 0 saturated heterocycles. The third kappa shape index (κ3) is 2.80. The van der Waals surface area contributed by atoms with Crippen LogP contribution in [0.1, 0.15) is 32.6 Å². The van der Waals surface area contributed by atoms with E-state index in [9.17, 15) is 15.3 Å². The standard InChI is InChI=1S/C11H20O3/c1-2-3-6-9(12)8-5-4-7-10(13)11(8)14/h4-5,8-14H,2-3,6-7H2,1H3/t8-,9-,10-,11+/m1/s1. The molecule has 82 valence electrons. The molecule has 0 aromatic carbocycles. The number of aliphatic hydroxyl groups excluding tert-OH is 3. The highest BCUT2D eigenvalue weighted by molar-refractivity contribution is 5.03. The summed E-state index contributed by atoms with van der Waals surface area (Å²) in [5.74, 6) is -0.301. The third-order valence-electron chi connectivity index (χ3n) is 2.82. The maximum absolute atomic E-state index is 9.77. The Balaban J connectivity index is 2.48. The van der Waals surface area contributed by atoms with Crippen molar-refractivity contribution in [3.05, 3.63) is 12.2 Å². The largest absolute Gasteiger partial charge is 0.392 e. The topological polar surface area (TPSA) is 60.7 Å². The van der Waals surface area contributed by atoms with Gasteiger partial charge in [-0.1, -0.05) is 31.9 Å². The van der Waals surface area contributed by atoms with Gasteiger partial charge >= 0.3 is 0 Å². The van der Waals surface area contributed by atoms with Gasteiger partial charge in [-0.05, 0) is 12.8 Å². The van der Waals surface area contributed by atoms with Gasteiger partial charge in [-0.3, -0.25) is 0 Å². The maximum atomic E-state index is 9.77. The van der Waals surface area contributed by atoms with Crippen molar-refractivity contribution >= 4 is 0 Å². The summed E-state index contributed by atoms with van der Waals surface area (Å²) in [6, 6.07) is 0. The molecule has 0 aliphatic heterocycles. The first kappa shape index (κ1) is 11.7. The summed E-state index contributed by atoms with van der Waals surface area (Å²) in [5.41, 5.74) is 0. The predicted octanol–water partition coefficient (Wildman–Crippen LogP) is 0.835. The highest BCUT2D eigenvalue weighted by Gasteiger charge is 2.31. The number of rotatable bonds is 4. The zero-order valence-corrected chi connectivity index (χ0v) is 8.63. The van der Waals surface area contributed by atoms with Crippen LogP contribution < -0.4 is 0 Å². The molecule has 1 rings (SSSR count). The molecule has 0 radical (unpaired) electrons. The van der Waals surface area contributed by atoms with Crippen LogP contribution in [-0.2, 0) is 0 Å². The van der Waals surface area contributed by atoms with E-state index in [1.54, 1.807) is 0 Å². The fourth-order valence-electron chi connectivity index (χ4n) is 1.85. The predicted molar refractivity (Wildman–Crippen MR) is 54.8 cm³/mol. The fourth-order valence-corrected chi connectivity index (χ4v) is 1.85. The Bertz CT molecular complexity index is 191. The zero-order valence-electron chi connectivity index (χ0n) is 8.63. The zero-order chi connectivity index (χ0) is 10.6. The van der Waals surface area contributed by atoms with E-state index >= 15 is 0 Å². The Hall–Kier alpha value is -0.380. The Morgan fingerprint density at radius 1 is 1.43 bits per heavy atom. The molecule has 3 N–H and O–H groups in total. The second-order valence-corrected chi connectivity index (χ2v) is 4.01. The molecular weight excluding hydrogens is 180 g/mol. The average Bonchev–Trinajstić information content (AvgIpc) is 2.18. The molecule has 0 bridgehead atoms. The van der Waals surface area contributed by atoms with E-state index < -0.39 is 18.3 Å². The van der Waals surface area contributed by atoms with Gasteiger partial charge in [0.15, 0.2) is 0 Å². The minimum atomic E-state index is -0.813. The van der Waals surface area contributed by atoms with Gasteiger partial charge in [-0.25, -0.2) is 0 Å². The maximum Gasteiger partial charge on any atom is 0.0889 e. The number of aliphatic hydroxyl groups is 3. The smallest absolute Gasteiger partial charge is 0.0889 e. The van der Waals surface area contributed by atoms with E-state index in [4.69, 9.17) is 0 Å². The Morgan fingerprint density at radius 2 is 2.14 bits per heavy atom. The Labute approximate surface area is 85.1 Å². The van der Waals surface area contributed by atoms with E-state index in [1.807, 2.05) is 12.2 Å². The summed E-state index contributed by atoms with van der Waals surface area (Å²) in [4.78, 5) is 0. The van der Waals surface area contributed by atoms with Gasteiger partial charge in [-0.2, -0.15) is 0 Å². The highest BCUT2D eigenvalue weighted by atomic mass is 16.3. The molecule has 0 spiro atoms. The van der Waals surface area contributed by atoms with Crippen molar-refractivity contribution in [2.45, 2.75) is 50.9 Å². The molecule has 1 aliphatic carbocycles. The Kier molecular flexibility index (Phi) is 4.58.